The van der Waals surface area contributed by atoms with Gasteiger partial charge in [-0.15, -0.1) is 0 Å². The lowest BCUT2D eigenvalue weighted by atomic mass is 10.0. The Labute approximate surface area is 191 Å². The van der Waals surface area contributed by atoms with Gasteiger partial charge in [-0.25, -0.2) is 4.98 Å². The minimum atomic E-state index is -0.371. The minimum absolute atomic E-state index is 0.120. The lowest BCUT2D eigenvalue weighted by Gasteiger charge is -2.35. The molecule has 3 amide bonds. The van der Waals surface area contributed by atoms with Crippen molar-refractivity contribution in [3.8, 4) is 6.07 Å². The highest BCUT2D eigenvalue weighted by molar-refractivity contribution is 6.22. The maximum atomic E-state index is 13.1. The van der Waals surface area contributed by atoms with Gasteiger partial charge in [0.15, 0.2) is 0 Å². The summed E-state index contributed by atoms with van der Waals surface area (Å²) in [6.07, 6.45) is 3.29. The molecule has 1 aromatic heterocycles. The number of ether oxygens (including phenoxy) is 1. The molecule has 2 fully saturated rings. The van der Waals surface area contributed by atoms with E-state index in [9.17, 15) is 19.6 Å². The highest BCUT2D eigenvalue weighted by atomic mass is 16.5. The summed E-state index contributed by atoms with van der Waals surface area (Å²) in [5.41, 5.74) is 1.50. The number of nitrogens with zero attached hydrogens (tertiary/aromatic N) is 5. The van der Waals surface area contributed by atoms with Crippen LogP contribution in [-0.2, 0) is 4.74 Å². The Balaban J connectivity index is 1.27. The number of rotatable bonds is 4. The molecule has 9 nitrogen and oxygen atoms in total. The SMILES string of the molecule is N#Cc1cccnc1N1CCN(C(=O)c2ccc3c(c2)C(=O)N(CC2CCCO2)C3=O)CC1. The second kappa shape index (κ2) is 8.64. The molecule has 2 aromatic rings. The number of piperazine rings is 1. The number of pyridine rings is 1. The van der Waals surface area contributed by atoms with E-state index in [1.807, 2.05) is 4.90 Å². The van der Waals surface area contributed by atoms with Crippen molar-refractivity contribution >= 4 is 23.5 Å². The van der Waals surface area contributed by atoms with Crippen LogP contribution in [0.2, 0.25) is 0 Å². The molecule has 0 radical (unpaired) electrons. The van der Waals surface area contributed by atoms with E-state index in [0.717, 1.165) is 12.8 Å². The molecule has 3 aliphatic rings. The van der Waals surface area contributed by atoms with Crippen LogP contribution < -0.4 is 4.90 Å². The fourth-order valence-electron chi connectivity index (χ4n) is 4.62. The maximum absolute atomic E-state index is 13.1. The number of hydrogen-bond acceptors (Lipinski definition) is 7. The third kappa shape index (κ3) is 3.83. The topological polar surface area (TPSA) is 107 Å². The summed E-state index contributed by atoms with van der Waals surface area (Å²) in [6, 6.07) is 10.3. The molecule has 0 saturated carbocycles. The van der Waals surface area contributed by atoms with Crippen LogP contribution >= 0.6 is 0 Å². The first-order valence-corrected chi connectivity index (χ1v) is 11.1. The van der Waals surface area contributed by atoms with Gasteiger partial charge >= 0.3 is 0 Å². The molecule has 5 rings (SSSR count). The third-order valence-corrected chi connectivity index (χ3v) is 6.40. The van der Waals surface area contributed by atoms with Crippen molar-refractivity contribution in [1.82, 2.24) is 14.8 Å². The number of amides is 3. The fourth-order valence-corrected chi connectivity index (χ4v) is 4.62. The van der Waals surface area contributed by atoms with E-state index in [-0.39, 0.29) is 35.9 Å². The highest BCUT2D eigenvalue weighted by Gasteiger charge is 2.38. The molecule has 2 saturated heterocycles. The van der Waals surface area contributed by atoms with Gasteiger partial charge < -0.3 is 14.5 Å². The van der Waals surface area contributed by atoms with Gasteiger partial charge in [-0.1, -0.05) is 0 Å². The molecule has 33 heavy (non-hydrogen) atoms. The lowest BCUT2D eigenvalue weighted by Crippen LogP contribution is -2.49. The van der Waals surface area contributed by atoms with E-state index in [1.165, 1.54) is 11.0 Å². The van der Waals surface area contributed by atoms with Gasteiger partial charge in [-0.2, -0.15) is 5.26 Å². The van der Waals surface area contributed by atoms with Gasteiger partial charge in [-0.3, -0.25) is 19.3 Å². The van der Waals surface area contributed by atoms with Crippen molar-refractivity contribution in [3.63, 3.8) is 0 Å². The fraction of sp³-hybridized carbons (Fsp3) is 0.375. The molecular formula is C24H23N5O4. The van der Waals surface area contributed by atoms with Gasteiger partial charge in [0.1, 0.15) is 11.9 Å². The number of carbonyl (C=O) groups is 3. The predicted octanol–water partition coefficient (Wildman–Crippen LogP) is 1.69. The van der Waals surface area contributed by atoms with Crippen molar-refractivity contribution in [3.05, 3.63) is 58.8 Å². The second-order valence-corrected chi connectivity index (χ2v) is 8.38. The molecule has 1 atom stereocenters. The first-order chi connectivity index (χ1) is 16.1. The zero-order valence-corrected chi connectivity index (χ0v) is 18.1. The summed E-state index contributed by atoms with van der Waals surface area (Å²) in [7, 11) is 0. The van der Waals surface area contributed by atoms with Crippen molar-refractivity contribution < 1.29 is 19.1 Å². The number of carbonyl (C=O) groups excluding carboxylic acids is 3. The van der Waals surface area contributed by atoms with Gasteiger partial charge in [0.25, 0.3) is 17.7 Å². The molecule has 1 aromatic carbocycles. The van der Waals surface area contributed by atoms with E-state index >= 15 is 0 Å². The number of hydrogen-bond donors (Lipinski definition) is 0. The Bertz CT molecular complexity index is 1160. The quantitative estimate of drug-likeness (QED) is 0.659. The van der Waals surface area contributed by atoms with Gasteiger partial charge in [0.2, 0.25) is 0 Å². The maximum Gasteiger partial charge on any atom is 0.261 e. The molecule has 1 unspecified atom stereocenters. The van der Waals surface area contributed by atoms with Crippen LogP contribution in [0.5, 0.6) is 0 Å². The molecular weight excluding hydrogens is 422 g/mol. The molecule has 0 bridgehead atoms. The Hall–Kier alpha value is -3.77. The van der Waals surface area contributed by atoms with Crippen molar-refractivity contribution in [2.24, 2.45) is 0 Å². The van der Waals surface area contributed by atoms with Crippen LogP contribution in [-0.4, -0.2) is 77.9 Å². The van der Waals surface area contributed by atoms with Gasteiger partial charge in [0.05, 0.1) is 29.3 Å². The predicted molar refractivity (Wildman–Crippen MR) is 118 cm³/mol. The average Bonchev–Trinajstić information content (AvgIpc) is 3.46. The molecule has 0 N–H and O–H groups in total. The van der Waals surface area contributed by atoms with Crippen LogP contribution in [0.4, 0.5) is 5.82 Å². The molecule has 9 heteroatoms. The van der Waals surface area contributed by atoms with E-state index < -0.39 is 0 Å². The standard InChI is InChI=1S/C24H23N5O4/c25-14-17-3-1-7-26-21(17)27-8-10-28(11-9-27)22(30)16-5-6-19-20(13-16)24(32)29(23(19)31)15-18-4-2-12-33-18/h1,3,5-7,13,18H,2,4,8-12,15H2. The Morgan fingerprint density at radius 3 is 2.64 bits per heavy atom. The summed E-state index contributed by atoms with van der Waals surface area (Å²) in [5.74, 6) is -0.261. The van der Waals surface area contributed by atoms with Crippen molar-refractivity contribution in [2.75, 3.05) is 44.2 Å². The van der Waals surface area contributed by atoms with Crippen molar-refractivity contribution in [1.29, 1.82) is 5.26 Å². The normalized spacial score (nSPS) is 20.2. The van der Waals surface area contributed by atoms with Crippen LogP contribution in [0, 0.1) is 11.3 Å². The molecule has 4 heterocycles. The number of imide groups is 1. The van der Waals surface area contributed by atoms with E-state index in [4.69, 9.17) is 4.74 Å². The Morgan fingerprint density at radius 2 is 1.91 bits per heavy atom. The zero-order valence-electron chi connectivity index (χ0n) is 18.1. The van der Waals surface area contributed by atoms with Crippen LogP contribution in [0.1, 0.15) is 49.5 Å². The number of anilines is 1. The Morgan fingerprint density at radius 1 is 1.12 bits per heavy atom. The van der Waals surface area contributed by atoms with Gasteiger partial charge in [-0.05, 0) is 43.2 Å². The molecule has 0 spiro atoms. The number of fused-ring (bicyclic) bond motifs is 1. The van der Waals surface area contributed by atoms with Crippen molar-refractivity contribution in [2.45, 2.75) is 18.9 Å². The monoisotopic (exact) mass is 445 g/mol. The minimum Gasteiger partial charge on any atom is -0.376 e. The molecule has 0 aliphatic carbocycles. The highest BCUT2D eigenvalue weighted by Crippen LogP contribution is 2.27. The van der Waals surface area contributed by atoms with Crippen LogP contribution in [0.15, 0.2) is 36.5 Å². The smallest absolute Gasteiger partial charge is 0.261 e. The number of aromatic nitrogens is 1. The first kappa shape index (κ1) is 21.1. The third-order valence-electron chi connectivity index (χ3n) is 6.40. The number of nitriles is 1. The average molecular weight is 445 g/mol. The summed E-state index contributed by atoms with van der Waals surface area (Å²) in [6.45, 7) is 2.93. The largest absolute Gasteiger partial charge is 0.376 e. The first-order valence-electron chi connectivity index (χ1n) is 11.1. The van der Waals surface area contributed by atoms with E-state index in [2.05, 4.69) is 11.1 Å². The summed E-state index contributed by atoms with van der Waals surface area (Å²) >= 11 is 0. The van der Waals surface area contributed by atoms with Crippen LogP contribution in [0.25, 0.3) is 0 Å². The summed E-state index contributed by atoms with van der Waals surface area (Å²) in [5, 5.41) is 9.31. The number of benzene rings is 1. The molecule has 168 valence electrons. The second-order valence-electron chi connectivity index (χ2n) is 8.38. The van der Waals surface area contributed by atoms with E-state index in [1.54, 1.807) is 35.4 Å². The summed E-state index contributed by atoms with van der Waals surface area (Å²) < 4.78 is 5.57. The zero-order chi connectivity index (χ0) is 22.9. The van der Waals surface area contributed by atoms with E-state index in [0.29, 0.717) is 55.3 Å². The Kier molecular flexibility index (Phi) is 5.52. The van der Waals surface area contributed by atoms with Gasteiger partial charge in [0, 0.05) is 44.5 Å². The molecule has 3 aliphatic heterocycles. The summed E-state index contributed by atoms with van der Waals surface area (Å²) in [4.78, 5) is 48.0. The van der Waals surface area contributed by atoms with Crippen LogP contribution in [0.3, 0.4) is 0 Å². The lowest BCUT2D eigenvalue weighted by molar-refractivity contribution is 0.0475.